The predicted octanol–water partition coefficient (Wildman–Crippen LogP) is 11.1. The van der Waals surface area contributed by atoms with E-state index in [1.807, 2.05) is 60.7 Å². The Morgan fingerprint density at radius 3 is 2.00 bits per heavy atom. The summed E-state index contributed by atoms with van der Waals surface area (Å²) in [6.07, 6.45) is 8.50. The molecule has 1 aliphatic heterocycles. The van der Waals surface area contributed by atoms with Crippen LogP contribution < -0.4 is 4.74 Å². The zero-order valence-electron chi connectivity index (χ0n) is 26.2. The molecule has 232 valence electrons. The molecule has 4 heteroatoms. The van der Waals surface area contributed by atoms with Crippen LogP contribution in [-0.4, -0.2) is 11.1 Å². The van der Waals surface area contributed by atoms with Crippen LogP contribution in [0.2, 0.25) is 0 Å². The van der Waals surface area contributed by atoms with Crippen LogP contribution in [0.4, 0.5) is 4.39 Å². The first-order chi connectivity index (χ1) is 22.9. The van der Waals surface area contributed by atoms with Crippen LogP contribution in [0.25, 0.3) is 39.1 Å². The molecule has 6 aromatic rings. The summed E-state index contributed by atoms with van der Waals surface area (Å²) in [6, 6.07) is 41.1. The molecule has 1 N–H and O–H groups in total. The molecule has 0 spiro atoms. The van der Waals surface area contributed by atoms with Gasteiger partial charge in [-0.1, -0.05) is 123 Å². The Labute approximate surface area is 274 Å². The SMILES string of the molecule is CCCCCc1ccc(-c2ccc(-c3ccc4c5c(c(C(=O)O)cc4c3)C=CC(c3ccccc3)(c3ccc(F)cc3)O5)cc2)cc1. The number of fused-ring (bicyclic) bond motifs is 3. The second kappa shape index (κ2) is 12.7. The maximum Gasteiger partial charge on any atom is 0.336 e. The van der Waals surface area contributed by atoms with E-state index in [0.29, 0.717) is 11.3 Å². The molecule has 0 amide bonds. The molecule has 0 aromatic heterocycles. The molecule has 1 unspecified atom stereocenters. The van der Waals surface area contributed by atoms with Crippen LogP contribution in [-0.2, 0) is 12.0 Å². The first kappa shape index (κ1) is 30.2. The number of ether oxygens (including phenoxy) is 1. The largest absolute Gasteiger partial charge is 0.478 e. The lowest BCUT2D eigenvalue weighted by Gasteiger charge is -2.37. The molecular formula is C43H35FO3. The number of benzene rings is 6. The zero-order chi connectivity index (χ0) is 32.4. The van der Waals surface area contributed by atoms with Crippen LogP contribution >= 0.6 is 0 Å². The molecule has 0 saturated carbocycles. The van der Waals surface area contributed by atoms with E-state index in [2.05, 4.69) is 55.5 Å². The fourth-order valence-corrected chi connectivity index (χ4v) is 6.58. The first-order valence-electron chi connectivity index (χ1n) is 16.2. The number of hydrogen-bond donors (Lipinski definition) is 1. The number of aromatic carboxylic acids is 1. The van der Waals surface area contributed by atoms with E-state index in [0.717, 1.165) is 45.0 Å². The van der Waals surface area contributed by atoms with E-state index < -0.39 is 11.6 Å². The molecule has 1 heterocycles. The fourth-order valence-electron chi connectivity index (χ4n) is 6.58. The number of carbonyl (C=O) groups is 1. The molecule has 1 atom stereocenters. The third-order valence-electron chi connectivity index (χ3n) is 9.16. The maximum atomic E-state index is 14.0. The lowest BCUT2D eigenvalue weighted by molar-refractivity contribution is 0.0695. The van der Waals surface area contributed by atoms with E-state index in [9.17, 15) is 14.3 Å². The van der Waals surface area contributed by atoms with Crippen molar-refractivity contribution in [2.45, 2.75) is 38.2 Å². The van der Waals surface area contributed by atoms with Gasteiger partial charge in [0.25, 0.3) is 0 Å². The highest BCUT2D eigenvalue weighted by Gasteiger charge is 2.38. The van der Waals surface area contributed by atoms with Gasteiger partial charge in [-0.15, -0.1) is 0 Å². The molecule has 3 nitrogen and oxygen atoms in total. The van der Waals surface area contributed by atoms with Gasteiger partial charge in [-0.25, -0.2) is 9.18 Å². The first-order valence-corrected chi connectivity index (χ1v) is 16.2. The lowest BCUT2D eigenvalue weighted by atomic mass is 9.82. The van der Waals surface area contributed by atoms with Gasteiger partial charge in [0.2, 0.25) is 0 Å². The van der Waals surface area contributed by atoms with E-state index in [1.54, 1.807) is 18.2 Å². The van der Waals surface area contributed by atoms with Crippen LogP contribution in [0.3, 0.4) is 0 Å². The number of carboxylic acid groups (broad SMARTS) is 1. The highest BCUT2D eigenvalue weighted by atomic mass is 19.1. The Balaban J connectivity index is 1.26. The second-order valence-corrected chi connectivity index (χ2v) is 12.2. The van der Waals surface area contributed by atoms with Crippen molar-refractivity contribution in [2.75, 3.05) is 0 Å². The van der Waals surface area contributed by atoms with E-state index in [1.165, 1.54) is 42.5 Å². The van der Waals surface area contributed by atoms with Crippen molar-refractivity contribution in [1.29, 1.82) is 0 Å². The normalized spacial score (nSPS) is 15.3. The van der Waals surface area contributed by atoms with Crippen molar-refractivity contribution < 1.29 is 19.0 Å². The Bertz CT molecular complexity index is 2080. The molecule has 0 bridgehead atoms. The van der Waals surface area contributed by atoms with Crippen molar-refractivity contribution in [3.63, 3.8) is 0 Å². The Kier molecular flexibility index (Phi) is 8.17. The van der Waals surface area contributed by atoms with Gasteiger partial charge in [0, 0.05) is 22.1 Å². The Morgan fingerprint density at radius 2 is 1.34 bits per heavy atom. The molecule has 47 heavy (non-hydrogen) atoms. The van der Waals surface area contributed by atoms with Gasteiger partial charge >= 0.3 is 5.97 Å². The number of aryl methyl sites for hydroxylation is 1. The number of unbranched alkanes of at least 4 members (excludes halogenated alkanes) is 2. The minimum atomic E-state index is -1.08. The highest BCUT2D eigenvalue weighted by Crippen LogP contribution is 2.47. The predicted molar refractivity (Wildman–Crippen MR) is 188 cm³/mol. The molecule has 7 rings (SSSR count). The number of halogens is 1. The van der Waals surface area contributed by atoms with Gasteiger partial charge in [-0.3, -0.25) is 0 Å². The monoisotopic (exact) mass is 618 g/mol. The maximum absolute atomic E-state index is 14.0. The Hall–Kier alpha value is -5.48. The second-order valence-electron chi connectivity index (χ2n) is 12.2. The van der Waals surface area contributed by atoms with E-state index >= 15 is 0 Å². The fraction of sp³-hybridized carbons (Fsp3) is 0.140. The summed E-state index contributed by atoms with van der Waals surface area (Å²) >= 11 is 0. The molecule has 1 aliphatic rings. The number of rotatable bonds is 9. The summed E-state index contributed by atoms with van der Waals surface area (Å²) in [4.78, 5) is 12.5. The molecular weight excluding hydrogens is 583 g/mol. The third kappa shape index (κ3) is 5.83. The lowest BCUT2D eigenvalue weighted by Crippen LogP contribution is -2.34. The van der Waals surface area contributed by atoms with Gasteiger partial charge in [-0.2, -0.15) is 0 Å². The van der Waals surface area contributed by atoms with Crippen molar-refractivity contribution in [3.8, 4) is 28.0 Å². The minimum Gasteiger partial charge on any atom is -0.478 e. The summed E-state index contributed by atoms with van der Waals surface area (Å²) in [7, 11) is 0. The van der Waals surface area contributed by atoms with Gasteiger partial charge in [0.15, 0.2) is 5.60 Å². The molecule has 0 radical (unpaired) electrons. The minimum absolute atomic E-state index is 0.162. The molecule has 6 aromatic carbocycles. The average molecular weight is 619 g/mol. The van der Waals surface area contributed by atoms with Gasteiger partial charge in [0.1, 0.15) is 11.6 Å². The van der Waals surface area contributed by atoms with Crippen LogP contribution in [0.15, 0.2) is 133 Å². The van der Waals surface area contributed by atoms with Crippen molar-refractivity contribution in [1.82, 2.24) is 0 Å². The summed E-state index contributed by atoms with van der Waals surface area (Å²) in [6.45, 7) is 2.23. The summed E-state index contributed by atoms with van der Waals surface area (Å²) in [5.41, 5.74) is 6.90. The van der Waals surface area contributed by atoms with Crippen LogP contribution in [0.1, 0.15) is 58.8 Å². The smallest absolute Gasteiger partial charge is 0.336 e. The van der Waals surface area contributed by atoms with Crippen molar-refractivity contribution in [2.24, 2.45) is 0 Å². The average Bonchev–Trinajstić information content (AvgIpc) is 3.12. The topological polar surface area (TPSA) is 46.5 Å². The summed E-state index contributed by atoms with van der Waals surface area (Å²) < 4.78 is 20.9. The summed E-state index contributed by atoms with van der Waals surface area (Å²) in [5.74, 6) is -0.890. The molecule has 0 aliphatic carbocycles. The summed E-state index contributed by atoms with van der Waals surface area (Å²) in [5, 5.41) is 11.8. The van der Waals surface area contributed by atoms with Gasteiger partial charge in [-0.05, 0) is 82.5 Å². The highest BCUT2D eigenvalue weighted by molar-refractivity contribution is 6.04. The van der Waals surface area contributed by atoms with E-state index in [4.69, 9.17) is 4.74 Å². The van der Waals surface area contributed by atoms with E-state index in [-0.39, 0.29) is 11.4 Å². The molecule has 0 saturated heterocycles. The number of carboxylic acids is 1. The van der Waals surface area contributed by atoms with Crippen molar-refractivity contribution in [3.05, 3.63) is 167 Å². The third-order valence-corrected chi connectivity index (χ3v) is 9.16. The molecule has 0 fully saturated rings. The van der Waals surface area contributed by atoms with Crippen LogP contribution in [0.5, 0.6) is 5.75 Å². The van der Waals surface area contributed by atoms with Gasteiger partial charge in [0.05, 0.1) is 5.56 Å². The van der Waals surface area contributed by atoms with Crippen LogP contribution in [0, 0.1) is 5.82 Å². The zero-order valence-corrected chi connectivity index (χ0v) is 26.2. The van der Waals surface area contributed by atoms with Crippen molar-refractivity contribution >= 4 is 22.8 Å². The Morgan fingerprint density at radius 1 is 0.723 bits per heavy atom. The standard InChI is InChI=1S/C43H35FO3/c1-2-3-5-8-29-11-13-30(14-12-29)31-15-17-32(18-16-31)33-19-24-38-34(27-33)28-40(42(45)46)39-25-26-43(47-41(38)39,35-9-6-4-7-10-35)36-20-22-37(44)23-21-36/h4,6-7,9-28H,2-3,5,8H2,1H3,(H,45,46). The van der Waals surface area contributed by atoms with Gasteiger partial charge < -0.3 is 9.84 Å². The quantitative estimate of drug-likeness (QED) is 0.164. The number of hydrogen-bond acceptors (Lipinski definition) is 2.